The van der Waals surface area contributed by atoms with Crippen LogP contribution in [0.1, 0.15) is 10.4 Å². The molecule has 1 aromatic heterocycles. The molecule has 100 valence electrons. The first-order valence-electron chi connectivity index (χ1n) is 6.40. The van der Waals surface area contributed by atoms with Gasteiger partial charge >= 0.3 is 0 Å². The minimum Gasteiger partial charge on any atom is -0.304 e. The number of aromatic nitrogens is 2. The second-order valence-corrected chi connectivity index (χ2v) is 4.90. The van der Waals surface area contributed by atoms with E-state index in [1.54, 1.807) is 6.20 Å². The molecule has 1 amide bonds. The number of aromatic amines is 1. The summed E-state index contributed by atoms with van der Waals surface area (Å²) in [5.41, 5.74) is 4.48. The van der Waals surface area contributed by atoms with Gasteiger partial charge < -0.3 is 4.90 Å². The maximum absolute atomic E-state index is 12.2. The number of H-pyrrole nitrogens is 1. The number of nitrogens with one attached hydrogen (secondary N) is 2. The Morgan fingerprint density at radius 2 is 2.11 bits per heavy atom. The molecule has 0 atom stereocenters. The lowest BCUT2D eigenvalue weighted by Crippen LogP contribution is -2.52. The van der Waals surface area contributed by atoms with E-state index in [2.05, 4.69) is 27.6 Å². The Hall–Kier alpha value is -1.92. The van der Waals surface area contributed by atoms with E-state index in [9.17, 15) is 4.79 Å². The van der Waals surface area contributed by atoms with E-state index in [0.29, 0.717) is 5.56 Å². The summed E-state index contributed by atoms with van der Waals surface area (Å²) in [6, 6.07) is 5.55. The number of rotatable bonds is 2. The molecule has 0 bridgehead atoms. The number of likely N-dealkylation sites (N-methyl/N-ethyl adjacent to an activating group) is 1. The standard InChI is InChI=1S/C13H17N5O/c1-17-4-6-18(7-5-17)16-13(19)10-2-3-11-9-14-15-12(11)8-10/h2-3,8-9H,4-7H2,1H3,(H,14,15)(H,16,19). The third-order valence-corrected chi connectivity index (χ3v) is 3.47. The molecule has 6 nitrogen and oxygen atoms in total. The quantitative estimate of drug-likeness (QED) is 0.822. The van der Waals surface area contributed by atoms with Crippen LogP contribution >= 0.6 is 0 Å². The molecule has 1 aromatic carbocycles. The normalized spacial score (nSPS) is 17.7. The Bertz CT molecular complexity index is 585. The zero-order valence-electron chi connectivity index (χ0n) is 10.9. The molecular weight excluding hydrogens is 242 g/mol. The molecule has 0 unspecified atom stereocenters. The van der Waals surface area contributed by atoms with Crippen LogP contribution < -0.4 is 5.43 Å². The van der Waals surface area contributed by atoms with Gasteiger partial charge in [0, 0.05) is 37.1 Å². The van der Waals surface area contributed by atoms with Gasteiger partial charge in [-0.2, -0.15) is 5.10 Å². The first-order chi connectivity index (χ1) is 9.22. The molecule has 0 radical (unpaired) electrons. The first kappa shape index (κ1) is 12.1. The van der Waals surface area contributed by atoms with Crippen LogP contribution in [0.3, 0.4) is 0 Å². The molecule has 1 fully saturated rings. The van der Waals surface area contributed by atoms with E-state index in [0.717, 1.165) is 37.1 Å². The lowest BCUT2D eigenvalue weighted by atomic mass is 10.1. The van der Waals surface area contributed by atoms with Gasteiger partial charge in [0.05, 0.1) is 11.7 Å². The van der Waals surface area contributed by atoms with E-state index in [1.165, 1.54) is 0 Å². The second kappa shape index (κ2) is 4.99. The van der Waals surface area contributed by atoms with Gasteiger partial charge in [-0.3, -0.25) is 15.3 Å². The van der Waals surface area contributed by atoms with Gasteiger partial charge in [-0.1, -0.05) is 6.07 Å². The van der Waals surface area contributed by atoms with Crippen LogP contribution in [0.2, 0.25) is 0 Å². The van der Waals surface area contributed by atoms with Crippen molar-refractivity contribution in [2.24, 2.45) is 0 Å². The maximum Gasteiger partial charge on any atom is 0.265 e. The van der Waals surface area contributed by atoms with Crippen molar-refractivity contribution in [2.45, 2.75) is 0 Å². The summed E-state index contributed by atoms with van der Waals surface area (Å²) < 4.78 is 0. The summed E-state index contributed by atoms with van der Waals surface area (Å²) in [6.07, 6.45) is 1.75. The Morgan fingerprint density at radius 3 is 2.89 bits per heavy atom. The number of fused-ring (bicyclic) bond motifs is 1. The number of benzene rings is 1. The zero-order chi connectivity index (χ0) is 13.2. The second-order valence-electron chi connectivity index (χ2n) is 4.90. The Kier molecular flexibility index (Phi) is 3.18. The average Bonchev–Trinajstić information content (AvgIpc) is 2.88. The lowest BCUT2D eigenvalue weighted by molar-refractivity contribution is 0.0662. The van der Waals surface area contributed by atoms with Gasteiger partial charge in [-0.15, -0.1) is 0 Å². The van der Waals surface area contributed by atoms with Crippen LogP contribution in [0, 0.1) is 0 Å². The maximum atomic E-state index is 12.2. The van der Waals surface area contributed by atoms with Gasteiger partial charge in [0.15, 0.2) is 0 Å². The molecule has 1 aliphatic rings. The topological polar surface area (TPSA) is 64.3 Å². The molecule has 0 spiro atoms. The Labute approximate surface area is 111 Å². The first-order valence-corrected chi connectivity index (χ1v) is 6.40. The minimum absolute atomic E-state index is 0.0685. The van der Waals surface area contributed by atoms with Crippen LogP contribution in [0.25, 0.3) is 10.9 Å². The minimum atomic E-state index is -0.0685. The van der Waals surface area contributed by atoms with Crippen molar-refractivity contribution < 1.29 is 4.79 Å². The van der Waals surface area contributed by atoms with E-state index >= 15 is 0 Å². The SMILES string of the molecule is CN1CCN(NC(=O)c2ccc3cn[nH]c3c2)CC1. The van der Waals surface area contributed by atoms with E-state index < -0.39 is 0 Å². The predicted molar refractivity (Wildman–Crippen MR) is 72.6 cm³/mol. The van der Waals surface area contributed by atoms with Gasteiger partial charge in [-0.25, -0.2) is 5.01 Å². The van der Waals surface area contributed by atoms with Crippen LogP contribution in [0.15, 0.2) is 24.4 Å². The predicted octanol–water partition coefficient (Wildman–Crippen LogP) is 0.455. The number of hydrazine groups is 1. The largest absolute Gasteiger partial charge is 0.304 e. The van der Waals surface area contributed by atoms with Crippen molar-refractivity contribution in [3.63, 3.8) is 0 Å². The molecule has 2 N–H and O–H groups in total. The molecule has 19 heavy (non-hydrogen) atoms. The molecule has 1 aliphatic heterocycles. The van der Waals surface area contributed by atoms with Crippen molar-refractivity contribution in [2.75, 3.05) is 33.2 Å². The van der Waals surface area contributed by atoms with Crippen LogP contribution in [0.5, 0.6) is 0 Å². The average molecular weight is 259 g/mol. The highest BCUT2D eigenvalue weighted by molar-refractivity contribution is 5.97. The molecule has 3 rings (SSSR count). The van der Waals surface area contributed by atoms with Crippen LogP contribution in [-0.2, 0) is 0 Å². The number of carbonyl (C=O) groups is 1. The van der Waals surface area contributed by atoms with Gasteiger partial charge in [0.2, 0.25) is 0 Å². The third-order valence-electron chi connectivity index (χ3n) is 3.47. The van der Waals surface area contributed by atoms with Gasteiger partial charge in [-0.05, 0) is 19.2 Å². The van der Waals surface area contributed by atoms with E-state index in [4.69, 9.17) is 0 Å². The lowest BCUT2D eigenvalue weighted by Gasteiger charge is -2.32. The van der Waals surface area contributed by atoms with Crippen molar-refractivity contribution in [1.82, 2.24) is 25.5 Å². The van der Waals surface area contributed by atoms with Crippen molar-refractivity contribution in [1.29, 1.82) is 0 Å². The van der Waals surface area contributed by atoms with Crippen LogP contribution in [-0.4, -0.2) is 59.2 Å². The number of amides is 1. The fourth-order valence-corrected chi connectivity index (χ4v) is 2.20. The number of hydrogen-bond acceptors (Lipinski definition) is 4. The third kappa shape index (κ3) is 2.59. The summed E-state index contributed by atoms with van der Waals surface area (Å²) in [6.45, 7) is 3.66. The van der Waals surface area contributed by atoms with Crippen molar-refractivity contribution in [3.05, 3.63) is 30.0 Å². The number of hydrogen-bond donors (Lipinski definition) is 2. The van der Waals surface area contributed by atoms with Gasteiger partial charge in [0.1, 0.15) is 0 Å². The van der Waals surface area contributed by atoms with Crippen molar-refractivity contribution in [3.8, 4) is 0 Å². The number of nitrogens with zero attached hydrogens (tertiary/aromatic N) is 3. The van der Waals surface area contributed by atoms with Gasteiger partial charge in [0.25, 0.3) is 5.91 Å². The molecule has 0 aliphatic carbocycles. The van der Waals surface area contributed by atoms with Crippen LogP contribution in [0.4, 0.5) is 0 Å². The molecular formula is C13H17N5O. The zero-order valence-corrected chi connectivity index (χ0v) is 10.9. The molecule has 0 saturated carbocycles. The summed E-state index contributed by atoms with van der Waals surface area (Å²) >= 11 is 0. The highest BCUT2D eigenvalue weighted by atomic mass is 16.2. The molecule has 6 heteroatoms. The summed E-state index contributed by atoms with van der Waals surface area (Å²) in [5, 5.41) is 9.81. The highest BCUT2D eigenvalue weighted by Gasteiger charge is 2.16. The van der Waals surface area contributed by atoms with Crippen molar-refractivity contribution >= 4 is 16.8 Å². The Morgan fingerprint density at radius 1 is 1.32 bits per heavy atom. The summed E-state index contributed by atoms with van der Waals surface area (Å²) in [7, 11) is 2.09. The number of piperazine rings is 1. The van der Waals surface area contributed by atoms with E-state index in [1.807, 2.05) is 23.2 Å². The summed E-state index contributed by atoms with van der Waals surface area (Å²) in [5.74, 6) is -0.0685. The highest BCUT2D eigenvalue weighted by Crippen LogP contribution is 2.12. The smallest absolute Gasteiger partial charge is 0.265 e. The monoisotopic (exact) mass is 259 g/mol. The Balaban J connectivity index is 1.69. The van der Waals surface area contributed by atoms with E-state index in [-0.39, 0.29) is 5.91 Å². The fourth-order valence-electron chi connectivity index (χ4n) is 2.20. The molecule has 2 heterocycles. The molecule has 1 saturated heterocycles. The fraction of sp³-hybridized carbons (Fsp3) is 0.385. The number of carbonyl (C=O) groups excluding carboxylic acids is 1. The molecule has 2 aromatic rings. The summed E-state index contributed by atoms with van der Waals surface area (Å²) in [4.78, 5) is 14.4.